The molecule has 0 unspecified atom stereocenters. The Morgan fingerprint density at radius 2 is 1.94 bits per heavy atom. The lowest BCUT2D eigenvalue weighted by atomic mass is 10.0. The first-order chi connectivity index (χ1) is 8.06. The van der Waals surface area contributed by atoms with E-state index >= 15 is 0 Å². The van der Waals surface area contributed by atoms with Crippen LogP contribution in [0.3, 0.4) is 0 Å². The second-order valence-corrected chi connectivity index (χ2v) is 4.11. The van der Waals surface area contributed by atoms with E-state index < -0.39 is 17.8 Å². The van der Waals surface area contributed by atoms with Crippen LogP contribution in [0.25, 0.3) is 0 Å². The predicted octanol–water partition coefficient (Wildman–Crippen LogP) is 0.255. The van der Waals surface area contributed by atoms with Crippen LogP contribution in [-0.4, -0.2) is 40.9 Å². The highest BCUT2D eigenvalue weighted by molar-refractivity contribution is 6.10. The summed E-state index contributed by atoms with van der Waals surface area (Å²) in [6.45, 7) is 2.79. The molecule has 0 aromatic rings. The Labute approximate surface area is 100 Å². The summed E-state index contributed by atoms with van der Waals surface area (Å²) in [5.41, 5.74) is 0. The van der Waals surface area contributed by atoms with Crippen LogP contribution in [0, 0.1) is 17.2 Å². The molecule has 1 saturated heterocycles. The lowest BCUT2D eigenvalue weighted by Gasteiger charge is -2.18. The van der Waals surface area contributed by atoms with Crippen molar-refractivity contribution in [1.29, 1.82) is 5.26 Å². The number of carbonyl (C=O) groups excluding carboxylic acids is 2. The number of rotatable bonds is 4. The van der Waals surface area contributed by atoms with E-state index in [1.165, 1.54) is 25.1 Å². The Hall–Kier alpha value is -1.67. The van der Waals surface area contributed by atoms with E-state index in [0.29, 0.717) is 13.1 Å². The van der Waals surface area contributed by atoms with Crippen LogP contribution in [0.4, 0.5) is 0 Å². The average Bonchev–Trinajstić information content (AvgIpc) is 2.81. The Balaban J connectivity index is 2.79. The Morgan fingerprint density at radius 3 is 2.41 bits per heavy atom. The summed E-state index contributed by atoms with van der Waals surface area (Å²) in [6, 6.07) is 1.47. The molecule has 5 nitrogen and oxygen atoms in total. The van der Waals surface area contributed by atoms with Crippen molar-refractivity contribution in [2.75, 3.05) is 13.1 Å². The van der Waals surface area contributed by atoms with Gasteiger partial charge < -0.3 is 10.0 Å². The molecule has 0 bridgehead atoms. The predicted molar refractivity (Wildman–Crippen MR) is 60.7 cm³/mol. The molecule has 1 heterocycles. The van der Waals surface area contributed by atoms with Crippen molar-refractivity contribution < 1.29 is 14.7 Å². The van der Waals surface area contributed by atoms with Gasteiger partial charge in [-0.3, -0.25) is 9.59 Å². The molecule has 5 heteroatoms. The fraction of sp³-hybridized carbons (Fsp3) is 0.583. The zero-order valence-corrected chi connectivity index (χ0v) is 9.80. The molecule has 1 fully saturated rings. The average molecular weight is 236 g/mol. The topological polar surface area (TPSA) is 81.4 Å². The maximum absolute atomic E-state index is 12.0. The highest BCUT2D eigenvalue weighted by Gasteiger charge is 2.29. The van der Waals surface area contributed by atoms with E-state index in [1.54, 1.807) is 4.90 Å². The van der Waals surface area contributed by atoms with Crippen molar-refractivity contribution >= 4 is 11.7 Å². The van der Waals surface area contributed by atoms with Gasteiger partial charge in [0.05, 0.1) is 6.10 Å². The normalized spacial score (nSPS) is 19.0. The van der Waals surface area contributed by atoms with Gasteiger partial charge >= 0.3 is 0 Å². The van der Waals surface area contributed by atoms with Crippen LogP contribution in [0.15, 0.2) is 12.2 Å². The largest absolute Gasteiger partial charge is 0.389 e. The highest BCUT2D eigenvalue weighted by Crippen LogP contribution is 2.14. The summed E-state index contributed by atoms with van der Waals surface area (Å²) in [7, 11) is 0. The number of nitrogens with zero attached hydrogens (tertiary/aromatic N) is 2. The van der Waals surface area contributed by atoms with E-state index in [-0.39, 0.29) is 5.91 Å². The molecule has 1 aliphatic heterocycles. The molecule has 0 radical (unpaired) electrons. The number of aliphatic hydroxyl groups is 1. The zero-order chi connectivity index (χ0) is 12.8. The van der Waals surface area contributed by atoms with E-state index in [1.807, 2.05) is 0 Å². The van der Waals surface area contributed by atoms with Gasteiger partial charge in [0.25, 0.3) is 0 Å². The monoisotopic (exact) mass is 236 g/mol. The smallest absolute Gasteiger partial charge is 0.248 e. The van der Waals surface area contributed by atoms with Crippen LogP contribution in [0.1, 0.15) is 19.8 Å². The Bertz CT molecular complexity index is 362. The molecular weight excluding hydrogens is 220 g/mol. The van der Waals surface area contributed by atoms with Gasteiger partial charge in [-0.15, -0.1) is 0 Å². The third kappa shape index (κ3) is 3.68. The lowest BCUT2D eigenvalue weighted by molar-refractivity contribution is -0.136. The molecule has 0 aliphatic carbocycles. The van der Waals surface area contributed by atoms with Gasteiger partial charge in [0.2, 0.25) is 11.7 Å². The van der Waals surface area contributed by atoms with Crippen molar-refractivity contribution in [2.45, 2.75) is 25.9 Å². The molecule has 0 spiro atoms. The molecule has 17 heavy (non-hydrogen) atoms. The first-order valence-electron chi connectivity index (χ1n) is 5.65. The number of hydrogen-bond donors (Lipinski definition) is 1. The van der Waals surface area contributed by atoms with Gasteiger partial charge in [0.15, 0.2) is 0 Å². The van der Waals surface area contributed by atoms with Crippen LogP contribution in [-0.2, 0) is 9.59 Å². The van der Waals surface area contributed by atoms with Gasteiger partial charge in [-0.1, -0.05) is 12.2 Å². The van der Waals surface area contributed by atoms with Gasteiger partial charge in [0, 0.05) is 13.1 Å². The van der Waals surface area contributed by atoms with Crippen molar-refractivity contribution in [3.8, 4) is 6.07 Å². The van der Waals surface area contributed by atoms with Crippen molar-refractivity contribution in [3.05, 3.63) is 12.2 Å². The standard InChI is InChI=1S/C12H16N2O3/c1-9(15)4-5-10(11(16)8-13)12(17)14-6-2-3-7-14/h4-5,9-10,15H,2-3,6-7H2,1H3/b5-4+/t9-,10-/m0/s1. The number of hydrogen-bond acceptors (Lipinski definition) is 4. The molecule has 1 N–H and O–H groups in total. The summed E-state index contributed by atoms with van der Waals surface area (Å²) in [5.74, 6) is -2.20. The van der Waals surface area contributed by atoms with Gasteiger partial charge in [-0.05, 0) is 19.8 Å². The lowest BCUT2D eigenvalue weighted by Crippen LogP contribution is -2.36. The molecule has 0 saturated carbocycles. The molecule has 1 rings (SSSR count). The minimum Gasteiger partial charge on any atom is -0.389 e. The summed E-state index contributed by atoms with van der Waals surface area (Å²) in [4.78, 5) is 25.0. The summed E-state index contributed by atoms with van der Waals surface area (Å²) >= 11 is 0. The third-order valence-electron chi connectivity index (χ3n) is 2.66. The van der Waals surface area contributed by atoms with Crippen molar-refractivity contribution in [2.24, 2.45) is 5.92 Å². The minimum absolute atomic E-state index is 0.342. The van der Waals surface area contributed by atoms with E-state index in [9.17, 15) is 9.59 Å². The highest BCUT2D eigenvalue weighted by atomic mass is 16.3. The summed E-state index contributed by atoms with van der Waals surface area (Å²) in [6.07, 6.45) is 3.79. The summed E-state index contributed by atoms with van der Waals surface area (Å²) < 4.78 is 0. The maximum Gasteiger partial charge on any atom is 0.248 e. The zero-order valence-electron chi connectivity index (χ0n) is 9.80. The molecule has 0 aromatic carbocycles. The van der Waals surface area contributed by atoms with Crippen LogP contribution in [0.5, 0.6) is 0 Å². The first-order valence-corrected chi connectivity index (χ1v) is 5.65. The number of aliphatic hydroxyl groups excluding tert-OH is 1. The minimum atomic E-state index is -1.08. The molecule has 1 amide bonds. The number of Topliss-reactive ketones (excluding diaryl/α,β-unsaturated/α-hetero) is 1. The number of nitriles is 1. The number of carbonyl (C=O) groups is 2. The maximum atomic E-state index is 12.0. The van der Waals surface area contributed by atoms with E-state index in [4.69, 9.17) is 10.4 Å². The third-order valence-corrected chi connectivity index (χ3v) is 2.66. The van der Waals surface area contributed by atoms with Gasteiger partial charge in [0.1, 0.15) is 12.0 Å². The molecule has 0 aromatic heterocycles. The van der Waals surface area contributed by atoms with Crippen LogP contribution >= 0.6 is 0 Å². The van der Waals surface area contributed by atoms with E-state index in [0.717, 1.165) is 12.8 Å². The molecular formula is C12H16N2O3. The second-order valence-electron chi connectivity index (χ2n) is 4.11. The van der Waals surface area contributed by atoms with Gasteiger partial charge in [-0.25, -0.2) is 0 Å². The fourth-order valence-electron chi connectivity index (χ4n) is 1.76. The molecule has 1 aliphatic rings. The number of likely N-dealkylation sites (tertiary alicyclic amines) is 1. The fourth-order valence-corrected chi connectivity index (χ4v) is 1.76. The van der Waals surface area contributed by atoms with Gasteiger partial charge in [-0.2, -0.15) is 5.26 Å². The molecule has 92 valence electrons. The quantitative estimate of drug-likeness (QED) is 0.431. The second kappa shape index (κ2) is 6.16. The Kier molecular flexibility index (Phi) is 4.85. The van der Waals surface area contributed by atoms with Crippen LogP contribution < -0.4 is 0 Å². The van der Waals surface area contributed by atoms with E-state index in [2.05, 4.69) is 0 Å². The van der Waals surface area contributed by atoms with Crippen molar-refractivity contribution in [1.82, 2.24) is 4.90 Å². The van der Waals surface area contributed by atoms with Crippen LogP contribution in [0.2, 0.25) is 0 Å². The first kappa shape index (κ1) is 13.4. The Morgan fingerprint density at radius 1 is 1.35 bits per heavy atom. The number of amides is 1. The molecule has 2 atom stereocenters. The number of ketones is 1. The summed E-state index contributed by atoms with van der Waals surface area (Å²) in [5, 5.41) is 17.7. The van der Waals surface area contributed by atoms with Crippen molar-refractivity contribution in [3.63, 3.8) is 0 Å². The SMILES string of the molecule is C[C@H](O)/C=C/[C@@H](C(=O)C#N)C(=O)N1CCCC1.